The molecule has 7 heteroatoms. The predicted octanol–water partition coefficient (Wildman–Crippen LogP) is 3.40. The van der Waals surface area contributed by atoms with Crippen LogP contribution in [-0.2, 0) is 15.8 Å². The molecule has 0 fully saturated rings. The summed E-state index contributed by atoms with van der Waals surface area (Å²) < 4.78 is 37.3. The average molecular weight is 312 g/mol. The summed E-state index contributed by atoms with van der Waals surface area (Å²) >= 11 is 0. The molecule has 1 aromatic rings. The van der Waals surface area contributed by atoms with Crippen LogP contribution in [0.25, 0.3) is 0 Å². The van der Waals surface area contributed by atoms with Crippen LogP contribution in [0.1, 0.15) is 25.8 Å². The minimum absolute atomic E-state index is 0.00205. The Hall–Kier alpha value is -2.36. The highest BCUT2D eigenvalue weighted by atomic mass is 19.4. The number of hydrogen-bond acceptors (Lipinski definition) is 3. The summed E-state index contributed by atoms with van der Waals surface area (Å²) in [4.78, 5) is 23.6. The van der Waals surface area contributed by atoms with Crippen molar-refractivity contribution in [1.82, 2.24) is 0 Å². The second-order valence-corrected chi connectivity index (χ2v) is 5.19. The minimum Gasteiger partial charge on any atom is -0.325 e. The summed E-state index contributed by atoms with van der Waals surface area (Å²) in [5, 5.41) is 11.2. The van der Waals surface area contributed by atoms with E-state index >= 15 is 0 Å². The number of rotatable bonds is 5. The summed E-state index contributed by atoms with van der Waals surface area (Å²) in [6.45, 7) is 3.56. The summed E-state index contributed by atoms with van der Waals surface area (Å²) in [5.74, 6) is -2.82. The molecule has 1 rings (SSSR count). The fourth-order valence-corrected chi connectivity index (χ4v) is 1.75. The van der Waals surface area contributed by atoms with Gasteiger partial charge in [0.25, 0.3) is 0 Å². The van der Waals surface area contributed by atoms with E-state index in [1.54, 1.807) is 19.9 Å². The molecular formula is C15H15F3N2O2. The van der Waals surface area contributed by atoms with Crippen LogP contribution in [0.3, 0.4) is 0 Å². The van der Waals surface area contributed by atoms with Crippen molar-refractivity contribution in [3.05, 3.63) is 29.8 Å². The van der Waals surface area contributed by atoms with Crippen LogP contribution < -0.4 is 5.32 Å². The molecule has 0 aliphatic heterocycles. The van der Waals surface area contributed by atoms with Gasteiger partial charge in [0.05, 0.1) is 11.6 Å². The zero-order valence-corrected chi connectivity index (χ0v) is 12.1. The number of amides is 1. The lowest BCUT2D eigenvalue weighted by molar-refractivity contribution is -0.137. The standard InChI is InChI=1S/C15H15F3N2O2/c1-9(2)7-13(21)12(8-19)14(22)20-11-5-3-10(4-6-11)15(16,17)18/h3-6,9,12H,7H2,1-2H3,(H,20,22). The van der Waals surface area contributed by atoms with E-state index in [4.69, 9.17) is 5.26 Å². The maximum Gasteiger partial charge on any atom is 0.416 e. The van der Waals surface area contributed by atoms with Crippen LogP contribution in [0.15, 0.2) is 24.3 Å². The molecule has 118 valence electrons. The largest absolute Gasteiger partial charge is 0.416 e. The summed E-state index contributed by atoms with van der Waals surface area (Å²) in [5.41, 5.74) is -0.756. The van der Waals surface area contributed by atoms with Gasteiger partial charge in [-0.2, -0.15) is 18.4 Å². The Labute approximate surface area is 125 Å². The molecule has 1 N–H and O–H groups in total. The van der Waals surface area contributed by atoms with Gasteiger partial charge in [0.15, 0.2) is 11.7 Å². The molecule has 0 saturated carbocycles. The Morgan fingerprint density at radius 3 is 2.18 bits per heavy atom. The van der Waals surface area contributed by atoms with Crippen molar-refractivity contribution >= 4 is 17.4 Å². The van der Waals surface area contributed by atoms with Gasteiger partial charge in [-0.1, -0.05) is 13.8 Å². The Kier molecular flexibility index (Phi) is 5.69. The average Bonchev–Trinajstić information content (AvgIpc) is 2.38. The molecule has 1 unspecified atom stereocenters. The molecule has 1 aromatic carbocycles. The third kappa shape index (κ3) is 4.88. The van der Waals surface area contributed by atoms with Crippen molar-refractivity contribution in [1.29, 1.82) is 5.26 Å². The van der Waals surface area contributed by atoms with Gasteiger partial charge in [-0.25, -0.2) is 0 Å². The van der Waals surface area contributed by atoms with Crippen LogP contribution in [0, 0.1) is 23.2 Å². The molecule has 0 saturated heterocycles. The molecule has 0 heterocycles. The normalized spacial score (nSPS) is 12.6. The molecule has 0 aliphatic carbocycles. The Bertz CT molecular complexity index is 586. The zero-order valence-electron chi connectivity index (χ0n) is 12.1. The first-order chi connectivity index (χ1) is 10.1. The second-order valence-electron chi connectivity index (χ2n) is 5.19. The van der Waals surface area contributed by atoms with Crippen molar-refractivity contribution in [2.45, 2.75) is 26.4 Å². The number of nitrogens with one attached hydrogen (secondary N) is 1. The number of benzene rings is 1. The van der Waals surface area contributed by atoms with Gasteiger partial charge >= 0.3 is 6.18 Å². The van der Waals surface area contributed by atoms with Gasteiger partial charge in [0.1, 0.15) is 0 Å². The van der Waals surface area contributed by atoms with Crippen LogP contribution in [-0.4, -0.2) is 11.7 Å². The van der Waals surface area contributed by atoms with Gasteiger partial charge in [0.2, 0.25) is 5.91 Å². The van der Waals surface area contributed by atoms with Crippen molar-refractivity contribution in [3.63, 3.8) is 0 Å². The highest BCUT2D eigenvalue weighted by Gasteiger charge is 2.30. The minimum atomic E-state index is -4.47. The van der Waals surface area contributed by atoms with Crippen molar-refractivity contribution in [3.8, 4) is 6.07 Å². The molecule has 1 amide bonds. The van der Waals surface area contributed by atoms with Crippen LogP contribution in [0.2, 0.25) is 0 Å². The third-order valence-electron chi connectivity index (χ3n) is 2.80. The van der Waals surface area contributed by atoms with Gasteiger partial charge < -0.3 is 5.32 Å². The fraction of sp³-hybridized carbons (Fsp3) is 0.400. The predicted molar refractivity (Wildman–Crippen MR) is 73.6 cm³/mol. The van der Waals surface area contributed by atoms with Crippen LogP contribution >= 0.6 is 0 Å². The number of Topliss-reactive ketones (excluding diaryl/α,β-unsaturated/α-hetero) is 1. The highest BCUT2D eigenvalue weighted by molar-refractivity contribution is 6.09. The molecule has 0 spiro atoms. The number of anilines is 1. The number of nitriles is 1. The lowest BCUT2D eigenvalue weighted by atomic mass is 9.96. The van der Waals surface area contributed by atoms with E-state index in [9.17, 15) is 22.8 Å². The second kappa shape index (κ2) is 7.07. The summed E-state index contributed by atoms with van der Waals surface area (Å²) in [6, 6.07) is 5.39. The quantitative estimate of drug-likeness (QED) is 0.847. The first-order valence-electron chi connectivity index (χ1n) is 6.55. The molecule has 0 bridgehead atoms. The van der Waals surface area contributed by atoms with E-state index in [0.717, 1.165) is 24.3 Å². The van der Waals surface area contributed by atoms with E-state index in [0.29, 0.717) is 0 Å². The number of ketones is 1. The molecule has 1 atom stereocenters. The van der Waals surface area contributed by atoms with Crippen molar-refractivity contribution < 1.29 is 22.8 Å². The first-order valence-corrected chi connectivity index (χ1v) is 6.55. The third-order valence-corrected chi connectivity index (χ3v) is 2.80. The Morgan fingerprint density at radius 1 is 1.23 bits per heavy atom. The maximum atomic E-state index is 12.4. The molecular weight excluding hydrogens is 297 g/mol. The number of nitrogens with zero attached hydrogens (tertiary/aromatic N) is 1. The fourth-order valence-electron chi connectivity index (χ4n) is 1.75. The maximum absolute atomic E-state index is 12.4. The summed E-state index contributed by atoms with van der Waals surface area (Å²) in [7, 11) is 0. The zero-order chi connectivity index (χ0) is 16.9. The van der Waals surface area contributed by atoms with Crippen molar-refractivity contribution in [2.24, 2.45) is 11.8 Å². The van der Waals surface area contributed by atoms with Gasteiger partial charge in [-0.15, -0.1) is 0 Å². The topological polar surface area (TPSA) is 70.0 Å². The van der Waals surface area contributed by atoms with E-state index in [-0.39, 0.29) is 18.0 Å². The lowest BCUT2D eigenvalue weighted by Gasteiger charge is -2.12. The lowest BCUT2D eigenvalue weighted by Crippen LogP contribution is -2.29. The molecule has 0 aliphatic rings. The number of halogens is 3. The molecule has 4 nitrogen and oxygen atoms in total. The highest BCUT2D eigenvalue weighted by Crippen LogP contribution is 2.29. The number of alkyl halides is 3. The molecule has 22 heavy (non-hydrogen) atoms. The summed E-state index contributed by atoms with van der Waals surface area (Å²) in [6.07, 6.45) is -4.39. The number of carbonyl (C=O) groups excluding carboxylic acids is 2. The van der Waals surface area contributed by atoms with E-state index < -0.39 is 29.3 Å². The van der Waals surface area contributed by atoms with Crippen molar-refractivity contribution in [2.75, 3.05) is 5.32 Å². The van der Waals surface area contributed by atoms with Gasteiger partial charge in [0, 0.05) is 12.1 Å². The van der Waals surface area contributed by atoms with Crippen LogP contribution in [0.4, 0.5) is 18.9 Å². The van der Waals surface area contributed by atoms with Gasteiger partial charge in [-0.05, 0) is 30.2 Å². The van der Waals surface area contributed by atoms with Crippen LogP contribution in [0.5, 0.6) is 0 Å². The Balaban J connectivity index is 2.79. The number of carbonyl (C=O) groups is 2. The smallest absolute Gasteiger partial charge is 0.325 e. The van der Waals surface area contributed by atoms with E-state index in [2.05, 4.69) is 5.32 Å². The van der Waals surface area contributed by atoms with Gasteiger partial charge in [-0.3, -0.25) is 9.59 Å². The SMILES string of the molecule is CC(C)CC(=O)C(C#N)C(=O)Nc1ccc(C(F)(F)F)cc1. The van der Waals surface area contributed by atoms with E-state index in [1.807, 2.05) is 0 Å². The monoisotopic (exact) mass is 312 g/mol. The molecule has 0 radical (unpaired) electrons. The Morgan fingerprint density at radius 2 is 1.77 bits per heavy atom. The molecule has 0 aromatic heterocycles. The first kappa shape index (κ1) is 17.7. The van der Waals surface area contributed by atoms with E-state index in [1.165, 1.54) is 0 Å². The number of hydrogen-bond donors (Lipinski definition) is 1.